The second-order valence-corrected chi connectivity index (χ2v) is 3.87. The number of nitrogens with two attached hydrogens (primary N) is 1. The molecule has 12 heavy (non-hydrogen) atoms. The van der Waals surface area contributed by atoms with E-state index < -0.39 is 0 Å². The van der Waals surface area contributed by atoms with Gasteiger partial charge in [0, 0.05) is 13.1 Å². The zero-order valence-electron chi connectivity index (χ0n) is 7.92. The van der Waals surface area contributed by atoms with Crippen LogP contribution in [-0.2, 0) is 0 Å². The highest BCUT2D eigenvalue weighted by Gasteiger charge is 2.23. The SMILES string of the molecule is CC1CCCC(N(C)C(N)=O)C1. The third-order valence-electron chi connectivity index (χ3n) is 2.80. The number of primary amides is 1. The summed E-state index contributed by atoms with van der Waals surface area (Å²) < 4.78 is 0. The van der Waals surface area contributed by atoms with Crippen LogP contribution in [0.25, 0.3) is 0 Å². The Hall–Kier alpha value is -0.730. The number of carbonyl (C=O) groups excluding carboxylic acids is 1. The molecule has 3 heteroatoms. The molecule has 0 radical (unpaired) electrons. The van der Waals surface area contributed by atoms with Crippen molar-refractivity contribution in [3.05, 3.63) is 0 Å². The van der Waals surface area contributed by atoms with E-state index in [4.69, 9.17) is 5.73 Å². The molecule has 2 unspecified atom stereocenters. The van der Waals surface area contributed by atoms with Crippen molar-refractivity contribution in [1.82, 2.24) is 4.90 Å². The Labute approximate surface area is 73.9 Å². The molecule has 1 aliphatic rings. The largest absolute Gasteiger partial charge is 0.351 e. The van der Waals surface area contributed by atoms with Crippen LogP contribution in [-0.4, -0.2) is 24.0 Å². The van der Waals surface area contributed by atoms with E-state index in [2.05, 4.69) is 6.92 Å². The molecule has 3 nitrogen and oxygen atoms in total. The van der Waals surface area contributed by atoms with Gasteiger partial charge in [0.05, 0.1) is 0 Å². The third kappa shape index (κ3) is 2.13. The highest BCUT2D eigenvalue weighted by molar-refractivity contribution is 5.72. The van der Waals surface area contributed by atoms with Gasteiger partial charge in [-0.3, -0.25) is 0 Å². The van der Waals surface area contributed by atoms with E-state index in [0.717, 1.165) is 18.8 Å². The number of rotatable bonds is 1. The molecule has 0 bridgehead atoms. The lowest BCUT2D eigenvalue weighted by molar-refractivity contribution is 0.168. The summed E-state index contributed by atoms with van der Waals surface area (Å²) in [6.07, 6.45) is 4.75. The molecule has 0 aromatic rings. The van der Waals surface area contributed by atoms with Gasteiger partial charge in [-0.05, 0) is 18.8 Å². The molecule has 0 aromatic heterocycles. The Kier molecular flexibility index (Phi) is 2.95. The van der Waals surface area contributed by atoms with Crippen LogP contribution >= 0.6 is 0 Å². The number of hydrogen-bond acceptors (Lipinski definition) is 1. The topological polar surface area (TPSA) is 46.3 Å². The minimum Gasteiger partial charge on any atom is -0.351 e. The maximum atomic E-state index is 10.9. The summed E-state index contributed by atoms with van der Waals surface area (Å²) in [6, 6.07) is 0.0837. The molecule has 1 fully saturated rings. The average molecular weight is 170 g/mol. The van der Waals surface area contributed by atoms with Crippen molar-refractivity contribution in [3.63, 3.8) is 0 Å². The summed E-state index contributed by atoms with van der Waals surface area (Å²) in [4.78, 5) is 12.5. The van der Waals surface area contributed by atoms with Gasteiger partial charge >= 0.3 is 6.03 Å². The quantitative estimate of drug-likeness (QED) is 0.638. The number of urea groups is 1. The predicted molar refractivity (Wildman–Crippen MR) is 48.8 cm³/mol. The predicted octanol–water partition coefficient (Wildman–Crippen LogP) is 1.58. The standard InChI is InChI=1S/C9H18N2O/c1-7-4-3-5-8(6-7)11(2)9(10)12/h7-8H,3-6H2,1-2H3,(H2,10,12). The molecule has 1 rings (SSSR count). The van der Waals surface area contributed by atoms with Crippen LogP contribution in [0.2, 0.25) is 0 Å². The Bertz CT molecular complexity index is 170. The van der Waals surface area contributed by atoms with Crippen LogP contribution in [0.5, 0.6) is 0 Å². The summed E-state index contributed by atoms with van der Waals surface area (Å²) in [6.45, 7) is 2.24. The van der Waals surface area contributed by atoms with Gasteiger partial charge in [0.15, 0.2) is 0 Å². The van der Waals surface area contributed by atoms with Crippen LogP contribution in [0, 0.1) is 5.92 Å². The zero-order valence-corrected chi connectivity index (χ0v) is 7.92. The maximum absolute atomic E-state index is 10.9. The van der Waals surface area contributed by atoms with E-state index in [-0.39, 0.29) is 6.03 Å². The molecule has 0 aromatic carbocycles. The summed E-state index contributed by atoms with van der Waals surface area (Å²) in [5.74, 6) is 0.741. The van der Waals surface area contributed by atoms with Gasteiger partial charge in [0.25, 0.3) is 0 Å². The zero-order chi connectivity index (χ0) is 9.14. The molecule has 2 atom stereocenters. The molecule has 2 amide bonds. The average Bonchev–Trinajstić information content (AvgIpc) is 2.03. The van der Waals surface area contributed by atoms with E-state index >= 15 is 0 Å². The first-order chi connectivity index (χ1) is 5.61. The van der Waals surface area contributed by atoms with E-state index in [0.29, 0.717) is 6.04 Å². The fraction of sp³-hybridized carbons (Fsp3) is 0.889. The van der Waals surface area contributed by atoms with E-state index in [9.17, 15) is 4.79 Å². The second kappa shape index (κ2) is 3.78. The Morgan fingerprint density at radius 2 is 2.17 bits per heavy atom. The van der Waals surface area contributed by atoms with Gasteiger partial charge in [-0.1, -0.05) is 19.8 Å². The molecule has 0 saturated heterocycles. The second-order valence-electron chi connectivity index (χ2n) is 3.87. The molecular formula is C9H18N2O. The molecule has 0 spiro atoms. The van der Waals surface area contributed by atoms with Crippen LogP contribution in [0.4, 0.5) is 4.79 Å². The first-order valence-electron chi connectivity index (χ1n) is 4.63. The van der Waals surface area contributed by atoms with Crippen LogP contribution in [0.15, 0.2) is 0 Å². The molecule has 0 heterocycles. The molecular weight excluding hydrogens is 152 g/mol. The van der Waals surface area contributed by atoms with Gasteiger partial charge in [-0.25, -0.2) is 4.79 Å². The summed E-state index contributed by atoms with van der Waals surface area (Å²) in [7, 11) is 1.80. The van der Waals surface area contributed by atoms with Gasteiger partial charge in [0.1, 0.15) is 0 Å². The lowest BCUT2D eigenvalue weighted by Crippen LogP contribution is -2.42. The Morgan fingerprint density at radius 1 is 1.50 bits per heavy atom. The van der Waals surface area contributed by atoms with Crippen molar-refractivity contribution >= 4 is 6.03 Å². The lowest BCUT2D eigenvalue weighted by Gasteiger charge is -2.32. The van der Waals surface area contributed by atoms with Crippen LogP contribution in [0.3, 0.4) is 0 Å². The maximum Gasteiger partial charge on any atom is 0.314 e. The summed E-state index contributed by atoms with van der Waals surface area (Å²) in [5.41, 5.74) is 5.20. The third-order valence-corrected chi connectivity index (χ3v) is 2.80. The molecule has 1 saturated carbocycles. The van der Waals surface area contributed by atoms with E-state index in [1.807, 2.05) is 0 Å². The fourth-order valence-corrected chi connectivity index (χ4v) is 1.93. The highest BCUT2D eigenvalue weighted by atomic mass is 16.2. The molecule has 2 N–H and O–H groups in total. The van der Waals surface area contributed by atoms with Crippen molar-refractivity contribution in [1.29, 1.82) is 0 Å². The number of nitrogens with zero attached hydrogens (tertiary/aromatic N) is 1. The van der Waals surface area contributed by atoms with Crippen molar-refractivity contribution < 1.29 is 4.79 Å². The summed E-state index contributed by atoms with van der Waals surface area (Å²) >= 11 is 0. The van der Waals surface area contributed by atoms with Crippen molar-refractivity contribution in [2.45, 2.75) is 38.6 Å². The Morgan fingerprint density at radius 3 is 2.67 bits per heavy atom. The van der Waals surface area contributed by atoms with E-state index in [1.165, 1.54) is 12.8 Å². The molecule has 0 aliphatic heterocycles. The van der Waals surface area contributed by atoms with Gasteiger partial charge < -0.3 is 10.6 Å². The van der Waals surface area contributed by atoms with Crippen molar-refractivity contribution in [2.24, 2.45) is 11.7 Å². The van der Waals surface area contributed by atoms with Crippen molar-refractivity contribution in [3.8, 4) is 0 Å². The summed E-state index contributed by atoms with van der Waals surface area (Å²) in [5, 5.41) is 0. The number of amides is 2. The highest BCUT2D eigenvalue weighted by Crippen LogP contribution is 2.26. The Balaban J connectivity index is 2.45. The molecule has 1 aliphatic carbocycles. The van der Waals surface area contributed by atoms with Crippen molar-refractivity contribution in [2.75, 3.05) is 7.05 Å². The van der Waals surface area contributed by atoms with Gasteiger partial charge in [0.2, 0.25) is 0 Å². The number of hydrogen-bond donors (Lipinski definition) is 1. The van der Waals surface area contributed by atoms with Crippen LogP contribution < -0.4 is 5.73 Å². The molecule has 70 valence electrons. The van der Waals surface area contributed by atoms with Gasteiger partial charge in [-0.2, -0.15) is 0 Å². The smallest absolute Gasteiger partial charge is 0.314 e. The first-order valence-corrected chi connectivity index (χ1v) is 4.63. The van der Waals surface area contributed by atoms with E-state index in [1.54, 1.807) is 11.9 Å². The van der Waals surface area contributed by atoms with Gasteiger partial charge in [-0.15, -0.1) is 0 Å². The normalized spacial score (nSPS) is 29.8. The minimum absolute atomic E-state index is 0.297. The minimum atomic E-state index is -0.297. The number of carbonyl (C=O) groups is 1. The monoisotopic (exact) mass is 170 g/mol. The fourth-order valence-electron chi connectivity index (χ4n) is 1.93. The lowest BCUT2D eigenvalue weighted by atomic mass is 9.86. The first kappa shape index (κ1) is 9.36. The van der Waals surface area contributed by atoms with Crippen LogP contribution in [0.1, 0.15) is 32.6 Å².